The molecular weight excluding hydrogens is 433 g/mol. The van der Waals surface area contributed by atoms with Gasteiger partial charge in [0.1, 0.15) is 27.9 Å². The van der Waals surface area contributed by atoms with Crippen LogP contribution in [0.25, 0.3) is 11.1 Å². The molecule has 0 spiro atoms. The Bertz CT molecular complexity index is 1050. The minimum Gasteiger partial charge on any atom is -0.497 e. The largest absolute Gasteiger partial charge is 0.497 e. The van der Waals surface area contributed by atoms with E-state index in [1.54, 1.807) is 55.8 Å². The second-order valence-corrected chi connectivity index (χ2v) is 7.64. The van der Waals surface area contributed by atoms with Gasteiger partial charge in [0.05, 0.1) is 20.3 Å². The van der Waals surface area contributed by atoms with E-state index >= 15 is 0 Å². The van der Waals surface area contributed by atoms with Crippen LogP contribution in [0.5, 0.6) is 11.5 Å². The van der Waals surface area contributed by atoms with Crippen molar-refractivity contribution in [2.75, 3.05) is 25.6 Å². The summed E-state index contributed by atoms with van der Waals surface area (Å²) in [6.07, 6.45) is 0.727. The maximum absolute atomic E-state index is 13.3. The number of ether oxygens (including phenoxy) is 3. The van der Waals surface area contributed by atoms with Crippen molar-refractivity contribution in [3.8, 4) is 22.6 Å². The maximum Gasteiger partial charge on any atom is 0.341 e. The minimum absolute atomic E-state index is 0.202. The number of methoxy groups -OCH3 is 1. The number of carbonyl (C=O) groups is 2. The molecule has 0 fully saturated rings. The van der Waals surface area contributed by atoms with Crippen molar-refractivity contribution in [1.29, 1.82) is 0 Å². The molecule has 0 bridgehead atoms. The molecule has 168 valence electrons. The molecule has 1 aromatic heterocycles. The first-order valence-corrected chi connectivity index (χ1v) is 11.0. The number of rotatable bonds is 10. The molecule has 3 aromatic rings. The number of nitrogens with one attached hydrogen (secondary N) is 1. The third-order valence-corrected chi connectivity index (χ3v) is 5.45. The van der Waals surface area contributed by atoms with Gasteiger partial charge in [0.25, 0.3) is 0 Å². The monoisotopic (exact) mass is 457 g/mol. The second-order valence-electron chi connectivity index (χ2n) is 6.76. The van der Waals surface area contributed by atoms with E-state index in [0.29, 0.717) is 34.9 Å². The number of carbonyl (C=O) groups excluding carboxylic acids is 2. The van der Waals surface area contributed by atoms with Crippen molar-refractivity contribution in [3.05, 3.63) is 65.3 Å². The van der Waals surface area contributed by atoms with Gasteiger partial charge in [-0.1, -0.05) is 12.1 Å². The summed E-state index contributed by atoms with van der Waals surface area (Å²) in [6, 6.07) is 13.0. The van der Waals surface area contributed by atoms with Gasteiger partial charge in [0, 0.05) is 17.4 Å². The molecule has 32 heavy (non-hydrogen) atoms. The molecule has 6 nitrogen and oxygen atoms in total. The van der Waals surface area contributed by atoms with Gasteiger partial charge in [-0.25, -0.2) is 9.18 Å². The molecule has 1 N–H and O–H groups in total. The molecule has 0 saturated heterocycles. The number of esters is 1. The van der Waals surface area contributed by atoms with Gasteiger partial charge in [-0.2, -0.15) is 0 Å². The summed E-state index contributed by atoms with van der Waals surface area (Å²) in [6.45, 7) is 2.28. The summed E-state index contributed by atoms with van der Waals surface area (Å²) in [5.41, 5.74) is 1.52. The van der Waals surface area contributed by atoms with E-state index < -0.39 is 5.97 Å². The molecule has 0 aliphatic carbocycles. The van der Waals surface area contributed by atoms with E-state index in [1.165, 1.54) is 23.5 Å². The summed E-state index contributed by atoms with van der Waals surface area (Å²) >= 11 is 1.23. The first-order chi connectivity index (χ1) is 15.5. The van der Waals surface area contributed by atoms with Crippen LogP contribution >= 0.6 is 11.3 Å². The Labute approximate surface area is 189 Å². The SMILES string of the molecule is CCOC(=O)c1c(-c2ccc(F)cc2)csc1NC(=O)CCCOc1ccc(OC)cc1. The lowest BCUT2D eigenvalue weighted by atomic mass is 10.0. The first-order valence-electron chi connectivity index (χ1n) is 10.1. The van der Waals surface area contributed by atoms with Crippen LogP contribution in [-0.2, 0) is 9.53 Å². The molecule has 0 radical (unpaired) electrons. The second kappa shape index (κ2) is 11.3. The van der Waals surface area contributed by atoms with Crippen LogP contribution in [0.2, 0.25) is 0 Å². The number of hydrogen-bond donors (Lipinski definition) is 1. The van der Waals surface area contributed by atoms with Gasteiger partial charge in [-0.3, -0.25) is 4.79 Å². The lowest BCUT2D eigenvalue weighted by molar-refractivity contribution is -0.116. The lowest BCUT2D eigenvalue weighted by Crippen LogP contribution is -2.15. The van der Waals surface area contributed by atoms with E-state index in [1.807, 2.05) is 0 Å². The predicted octanol–water partition coefficient (Wildman–Crippen LogP) is 5.54. The molecule has 1 amide bonds. The van der Waals surface area contributed by atoms with Crippen LogP contribution < -0.4 is 14.8 Å². The van der Waals surface area contributed by atoms with Gasteiger partial charge >= 0.3 is 5.97 Å². The Kier molecular flexibility index (Phi) is 8.21. The van der Waals surface area contributed by atoms with E-state index in [0.717, 1.165) is 5.75 Å². The molecule has 0 aliphatic heterocycles. The molecule has 0 atom stereocenters. The van der Waals surface area contributed by atoms with Gasteiger partial charge in [-0.05, 0) is 55.3 Å². The van der Waals surface area contributed by atoms with Crippen molar-refractivity contribution in [1.82, 2.24) is 0 Å². The molecule has 0 unspecified atom stereocenters. The normalized spacial score (nSPS) is 10.5. The predicted molar refractivity (Wildman–Crippen MR) is 122 cm³/mol. The maximum atomic E-state index is 13.3. The highest BCUT2D eigenvalue weighted by molar-refractivity contribution is 7.15. The van der Waals surface area contributed by atoms with Crippen LogP contribution in [0.15, 0.2) is 53.9 Å². The Balaban J connectivity index is 1.61. The van der Waals surface area contributed by atoms with Crippen molar-refractivity contribution in [3.63, 3.8) is 0 Å². The van der Waals surface area contributed by atoms with Gasteiger partial charge in [0.2, 0.25) is 5.91 Å². The fourth-order valence-electron chi connectivity index (χ4n) is 2.98. The molecule has 0 aliphatic rings. The third kappa shape index (κ3) is 6.07. The Morgan fingerprint density at radius 3 is 2.38 bits per heavy atom. The van der Waals surface area contributed by atoms with Crippen LogP contribution in [0.1, 0.15) is 30.1 Å². The van der Waals surface area contributed by atoms with Gasteiger partial charge in [-0.15, -0.1) is 11.3 Å². The molecule has 8 heteroatoms. The summed E-state index contributed by atoms with van der Waals surface area (Å²) in [4.78, 5) is 25.0. The third-order valence-electron chi connectivity index (χ3n) is 4.56. The molecule has 2 aromatic carbocycles. The zero-order chi connectivity index (χ0) is 22.9. The standard InChI is InChI=1S/C24H24FNO5S/c1-3-30-24(28)22-20(16-6-8-17(25)9-7-16)15-32-23(22)26-21(27)5-4-14-31-19-12-10-18(29-2)11-13-19/h6-13,15H,3-5,14H2,1-2H3,(H,26,27). The quantitative estimate of drug-likeness (QED) is 0.320. The fraction of sp³-hybridized carbons (Fsp3) is 0.250. The molecular formula is C24H24FNO5S. The van der Waals surface area contributed by atoms with Gasteiger partial charge < -0.3 is 19.5 Å². The van der Waals surface area contributed by atoms with Crippen molar-refractivity contribution < 1.29 is 28.2 Å². The average Bonchev–Trinajstić information content (AvgIpc) is 3.21. The van der Waals surface area contributed by atoms with E-state index in [-0.39, 0.29) is 30.3 Å². The summed E-state index contributed by atoms with van der Waals surface area (Å²) in [5, 5.41) is 4.96. The van der Waals surface area contributed by atoms with E-state index in [4.69, 9.17) is 14.2 Å². The number of hydrogen-bond acceptors (Lipinski definition) is 6. The molecule has 0 saturated carbocycles. The highest BCUT2D eigenvalue weighted by Gasteiger charge is 2.22. The summed E-state index contributed by atoms with van der Waals surface area (Å²) < 4.78 is 29.2. The first kappa shape index (κ1) is 23.3. The topological polar surface area (TPSA) is 73.9 Å². The zero-order valence-electron chi connectivity index (χ0n) is 17.9. The Hall–Kier alpha value is -3.39. The van der Waals surface area contributed by atoms with Crippen LogP contribution in [0, 0.1) is 5.82 Å². The van der Waals surface area contributed by atoms with Crippen molar-refractivity contribution in [2.45, 2.75) is 19.8 Å². The summed E-state index contributed by atoms with van der Waals surface area (Å²) in [7, 11) is 1.60. The number of anilines is 1. The number of amides is 1. The smallest absolute Gasteiger partial charge is 0.341 e. The number of halogens is 1. The highest BCUT2D eigenvalue weighted by atomic mass is 32.1. The zero-order valence-corrected chi connectivity index (χ0v) is 18.7. The minimum atomic E-state index is -0.536. The van der Waals surface area contributed by atoms with E-state index in [9.17, 15) is 14.0 Å². The fourth-order valence-corrected chi connectivity index (χ4v) is 3.96. The highest BCUT2D eigenvalue weighted by Crippen LogP contribution is 2.36. The van der Waals surface area contributed by atoms with Crippen LogP contribution in [0.4, 0.5) is 9.39 Å². The Morgan fingerprint density at radius 1 is 1.03 bits per heavy atom. The lowest BCUT2D eigenvalue weighted by Gasteiger charge is -2.09. The average molecular weight is 458 g/mol. The summed E-state index contributed by atoms with van der Waals surface area (Å²) in [5.74, 6) is 0.294. The van der Waals surface area contributed by atoms with Crippen molar-refractivity contribution in [2.24, 2.45) is 0 Å². The Morgan fingerprint density at radius 2 is 1.72 bits per heavy atom. The van der Waals surface area contributed by atoms with E-state index in [2.05, 4.69) is 5.32 Å². The molecule has 1 heterocycles. The van der Waals surface area contributed by atoms with Crippen molar-refractivity contribution >= 4 is 28.2 Å². The molecule has 3 rings (SSSR count). The van der Waals surface area contributed by atoms with Crippen LogP contribution in [0.3, 0.4) is 0 Å². The van der Waals surface area contributed by atoms with Crippen LogP contribution in [-0.4, -0.2) is 32.2 Å². The van der Waals surface area contributed by atoms with Gasteiger partial charge in [0.15, 0.2) is 0 Å². The number of benzene rings is 2. The number of thiophene rings is 1.